The van der Waals surface area contributed by atoms with Crippen LogP contribution in [0.25, 0.3) is 0 Å². The lowest BCUT2D eigenvalue weighted by Gasteiger charge is -2.40. The maximum Gasteiger partial charge on any atom is 0.247 e. The van der Waals surface area contributed by atoms with Crippen molar-refractivity contribution < 1.29 is 14.4 Å². The monoisotopic (exact) mass is 377 g/mol. The Hall–Kier alpha value is -3.15. The van der Waals surface area contributed by atoms with Crippen molar-refractivity contribution in [3.05, 3.63) is 60.2 Å². The van der Waals surface area contributed by atoms with E-state index in [-0.39, 0.29) is 49.2 Å². The second-order valence-corrected chi connectivity index (χ2v) is 7.34. The predicted octanol–water partition coefficient (Wildman–Crippen LogP) is 3.11. The van der Waals surface area contributed by atoms with Crippen LogP contribution < -0.4 is 10.2 Å². The fraction of sp³-hybridized carbons (Fsp3) is 0.318. The summed E-state index contributed by atoms with van der Waals surface area (Å²) in [6.07, 6.45) is 1.13. The molecule has 4 rings (SSSR count). The molecule has 0 saturated carbocycles. The zero-order valence-corrected chi connectivity index (χ0v) is 15.8. The van der Waals surface area contributed by atoms with Gasteiger partial charge in [-0.15, -0.1) is 0 Å². The predicted molar refractivity (Wildman–Crippen MR) is 107 cm³/mol. The molecule has 2 heterocycles. The first-order valence-corrected chi connectivity index (χ1v) is 9.60. The van der Waals surface area contributed by atoms with Crippen LogP contribution in [0, 0.1) is 0 Å². The molecule has 3 amide bonds. The maximum absolute atomic E-state index is 13.0. The normalized spacial score (nSPS) is 21.6. The van der Waals surface area contributed by atoms with Crippen LogP contribution in [-0.2, 0) is 14.4 Å². The average Bonchev–Trinajstić information content (AvgIpc) is 3.01. The van der Waals surface area contributed by atoms with Gasteiger partial charge in [0.2, 0.25) is 17.7 Å². The van der Waals surface area contributed by atoms with Crippen LogP contribution >= 0.6 is 0 Å². The Labute approximate surface area is 164 Å². The van der Waals surface area contributed by atoms with Crippen molar-refractivity contribution in [2.75, 3.05) is 16.8 Å². The minimum Gasteiger partial charge on any atom is -0.378 e. The Kier molecular flexibility index (Phi) is 4.86. The number of hydrogen-bond donors (Lipinski definition) is 1. The highest BCUT2D eigenvalue weighted by Crippen LogP contribution is 2.39. The maximum atomic E-state index is 13.0. The number of carbonyl (C=O) groups excluding carboxylic acids is 3. The van der Waals surface area contributed by atoms with E-state index in [9.17, 15) is 14.4 Å². The molecule has 1 fully saturated rings. The first-order valence-electron chi connectivity index (χ1n) is 9.60. The number of rotatable bonds is 4. The van der Waals surface area contributed by atoms with Crippen molar-refractivity contribution in [1.82, 2.24) is 4.90 Å². The zero-order chi connectivity index (χ0) is 19.7. The van der Waals surface area contributed by atoms with E-state index < -0.39 is 0 Å². The molecule has 144 valence electrons. The van der Waals surface area contributed by atoms with E-state index in [1.165, 1.54) is 0 Å². The smallest absolute Gasteiger partial charge is 0.247 e. The van der Waals surface area contributed by atoms with Crippen molar-refractivity contribution in [1.29, 1.82) is 0 Å². The lowest BCUT2D eigenvalue weighted by atomic mass is 9.91. The third-order valence-electron chi connectivity index (χ3n) is 5.42. The molecule has 6 heteroatoms. The molecule has 2 atom stereocenters. The SMILES string of the molecule is C[C@@H]1C[C@H](Nc2ccccc2)c2ccccc2N1C(=O)CN1C(=O)CCC1=O. The highest BCUT2D eigenvalue weighted by molar-refractivity contribution is 6.07. The molecular weight excluding hydrogens is 354 g/mol. The van der Waals surface area contributed by atoms with E-state index in [1.807, 2.05) is 61.5 Å². The fourth-order valence-corrected chi connectivity index (χ4v) is 4.08. The molecule has 0 spiro atoms. The highest BCUT2D eigenvalue weighted by Gasteiger charge is 2.37. The molecule has 2 aromatic carbocycles. The summed E-state index contributed by atoms with van der Waals surface area (Å²) in [5, 5.41) is 3.56. The second-order valence-electron chi connectivity index (χ2n) is 7.34. The number of hydrogen-bond acceptors (Lipinski definition) is 4. The first-order chi connectivity index (χ1) is 13.5. The lowest BCUT2D eigenvalue weighted by molar-refractivity contribution is -0.141. The number of nitrogens with one attached hydrogen (secondary N) is 1. The molecule has 28 heavy (non-hydrogen) atoms. The van der Waals surface area contributed by atoms with Crippen LogP contribution in [0.5, 0.6) is 0 Å². The Morgan fingerprint density at radius 3 is 2.36 bits per heavy atom. The summed E-state index contributed by atoms with van der Waals surface area (Å²) in [4.78, 5) is 39.7. The van der Waals surface area contributed by atoms with Gasteiger partial charge < -0.3 is 10.2 Å². The van der Waals surface area contributed by atoms with Crippen LogP contribution in [0.4, 0.5) is 11.4 Å². The number of imide groups is 1. The minimum absolute atomic E-state index is 0.0589. The van der Waals surface area contributed by atoms with Crippen molar-refractivity contribution in [2.24, 2.45) is 0 Å². The van der Waals surface area contributed by atoms with Gasteiger partial charge in [0.1, 0.15) is 6.54 Å². The second kappa shape index (κ2) is 7.46. The Balaban J connectivity index is 1.60. The summed E-state index contributed by atoms with van der Waals surface area (Å²) in [7, 11) is 0. The summed E-state index contributed by atoms with van der Waals surface area (Å²) in [5.41, 5.74) is 2.90. The lowest BCUT2D eigenvalue weighted by Crippen LogP contribution is -2.49. The van der Waals surface area contributed by atoms with E-state index in [2.05, 4.69) is 5.32 Å². The van der Waals surface area contributed by atoms with Gasteiger partial charge in [-0.2, -0.15) is 0 Å². The Morgan fingerprint density at radius 2 is 1.64 bits per heavy atom. The summed E-state index contributed by atoms with van der Waals surface area (Å²) in [5.74, 6) is -0.749. The molecule has 1 saturated heterocycles. The van der Waals surface area contributed by atoms with Crippen molar-refractivity contribution in [3.8, 4) is 0 Å². The molecular formula is C22H23N3O3. The molecule has 0 radical (unpaired) electrons. The quantitative estimate of drug-likeness (QED) is 0.831. The first kappa shape index (κ1) is 18.2. The molecule has 0 bridgehead atoms. The van der Waals surface area contributed by atoms with E-state index >= 15 is 0 Å². The summed E-state index contributed by atoms with van der Waals surface area (Å²) in [6, 6.07) is 17.8. The topological polar surface area (TPSA) is 69.7 Å². The van der Waals surface area contributed by atoms with E-state index in [1.54, 1.807) is 4.90 Å². The number of fused-ring (bicyclic) bond motifs is 1. The third kappa shape index (κ3) is 3.38. The van der Waals surface area contributed by atoms with Gasteiger partial charge in [-0.05, 0) is 37.1 Å². The van der Waals surface area contributed by atoms with Crippen LogP contribution in [0.15, 0.2) is 54.6 Å². The number of nitrogens with zero attached hydrogens (tertiary/aromatic N) is 2. The summed E-state index contributed by atoms with van der Waals surface area (Å²) in [6.45, 7) is 1.81. The van der Waals surface area contributed by atoms with Crippen molar-refractivity contribution >= 4 is 29.1 Å². The zero-order valence-electron chi connectivity index (χ0n) is 15.8. The number of benzene rings is 2. The van der Waals surface area contributed by atoms with Gasteiger partial charge in [0.05, 0.1) is 6.04 Å². The summed E-state index contributed by atoms with van der Waals surface area (Å²) < 4.78 is 0. The molecule has 0 aliphatic carbocycles. The number of carbonyl (C=O) groups is 3. The van der Waals surface area contributed by atoms with Gasteiger partial charge in [0.25, 0.3) is 0 Å². The van der Waals surface area contributed by atoms with E-state index in [0.29, 0.717) is 0 Å². The van der Waals surface area contributed by atoms with Crippen LogP contribution in [0.1, 0.15) is 37.8 Å². The summed E-state index contributed by atoms with van der Waals surface area (Å²) >= 11 is 0. The van der Waals surface area contributed by atoms with Gasteiger partial charge >= 0.3 is 0 Å². The Bertz CT molecular complexity index is 896. The molecule has 1 N–H and O–H groups in total. The van der Waals surface area contributed by atoms with Gasteiger partial charge in [0.15, 0.2) is 0 Å². The van der Waals surface area contributed by atoms with Gasteiger partial charge in [-0.25, -0.2) is 0 Å². The van der Waals surface area contributed by atoms with Gasteiger partial charge in [-0.1, -0.05) is 36.4 Å². The highest BCUT2D eigenvalue weighted by atomic mass is 16.2. The van der Waals surface area contributed by atoms with E-state index in [0.717, 1.165) is 28.3 Å². The molecule has 2 aliphatic rings. The third-order valence-corrected chi connectivity index (χ3v) is 5.42. The van der Waals surface area contributed by atoms with Crippen LogP contribution in [-0.4, -0.2) is 35.2 Å². The molecule has 2 aliphatic heterocycles. The standard InChI is InChI=1S/C22H23N3O3/c1-15-13-18(23-16-7-3-2-4-8-16)17-9-5-6-10-19(17)25(15)22(28)14-24-20(26)11-12-21(24)27/h2-10,15,18,23H,11-14H2,1H3/t15-,18+/m1/s1. The number of amides is 3. The fourth-order valence-electron chi connectivity index (χ4n) is 4.08. The Morgan fingerprint density at radius 1 is 1.00 bits per heavy atom. The molecule has 0 aromatic heterocycles. The van der Waals surface area contributed by atoms with Crippen LogP contribution in [0.3, 0.4) is 0 Å². The van der Waals surface area contributed by atoms with Crippen LogP contribution in [0.2, 0.25) is 0 Å². The molecule has 2 aromatic rings. The average molecular weight is 377 g/mol. The van der Waals surface area contributed by atoms with Gasteiger partial charge in [0, 0.05) is 30.3 Å². The largest absolute Gasteiger partial charge is 0.378 e. The van der Waals surface area contributed by atoms with Crippen molar-refractivity contribution in [3.63, 3.8) is 0 Å². The minimum atomic E-state index is -0.264. The molecule has 6 nitrogen and oxygen atoms in total. The van der Waals surface area contributed by atoms with Crippen molar-refractivity contribution in [2.45, 2.75) is 38.3 Å². The number of anilines is 2. The van der Waals surface area contributed by atoms with Gasteiger partial charge in [-0.3, -0.25) is 19.3 Å². The number of likely N-dealkylation sites (tertiary alicyclic amines) is 1. The molecule has 0 unspecified atom stereocenters. The number of para-hydroxylation sites is 2. The van der Waals surface area contributed by atoms with E-state index in [4.69, 9.17) is 0 Å².